The van der Waals surface area contributed by atoms with E-state index in [0.29, 0.717) is 12.8 Å². The third-order valence-electron chi connectivity index (χ3n) is 7.80. The average Bonchev–Trinajstić information content (AvgIpc) is 3.05. The summed E-state index contributed by atoms with van der Waals surface area (Å²) in [7, 11) is 1.48. The predicted molar refractivity (Wildman–Crippen MR) is 94.7 cm³/mol. The molecule has 5 atom stereocenters. The molecule has 0 aromatic carbocycles. The lowest BCUT2D eigenvalue weighted by Crippen LogP contribution is -2.62. The predicted octanol–water partition coefficient (Wildman–Crippen LogP) is 3.98. The highest BCUT2D eigenvalue weighted by Gasteiger charge is 2.64. The van der Waals surface area contributed by atoms with E-state index in [1.165, 1.54) is 7.11 Å². The second-order valence-corrected chi connectivity index (χ2v) is 8.78. The van der Waals surface area contributed by atoms with E-state index in [0.717, 1.165) is 42.6 Å². The average molecular weight is 344 g/mol. The maximum Gasteiger partial charge on any atom is 0.311 e. The van der Waals surface area contributed by atoms with Crippen LogP contribution in [-0.2, 0) is 16.0 Å². The molecule has 136 valence electrons. The van der Waals surface area contributed by atoms with Crippen molar-refractivity contribution in [2.45, 2.75) is 58.0 Å². The second-order valence-electron chi connectivity index (χ2n) is 8.78. The van der Waals surface area contributed by atoms with Crippen molar-refractivity contribution in [1.82, 2.24) is 0 Å². The first-order chi connectivity index (χ1) is 11.8. The van der Waals surface area contributed by atoms with Crippen molar-refractivity contribution in [3.05, 3.63) is 30.2 Å². The molecular weight excluding hydrogens is 316 g/mol. The van der Waals surface area contributed by atoms with E-state index in [1.54, 1.807) is 6.26 Å². The summed E-state index contributed by atoms with van der Waals surface area (Å²) < 4.78 is 10.9. The zero-order valence-corrected chi connectivity index (χ0v) is 15.4. The van der Waals surface area contributed by atoms with Crippen LogP contribution in [0, 0.1) is 22.7 Å². The number of rotatable bonds is 1. The number of esters is 1. The highest BCUT2D eigenvalue weighted by Crippen LogP contribution is 2.66. The van der Waals surface area contributed by atoms with Crippen molar-refractivity contribution in [3.8, 4) is 0 Å². The molecule has 0 spiro atoms. The summed E-state index contributed by atoms with van der Waals surface area (Å²) >= 11 is 0. The number of aliphatic hydroxyl groups is 1. The van der Waals surface area contributed by atoms with Crippen molar-refractivity contribution in [2.24, 2.45) is 22.7 Å². The molecule has 0 radical (unpaired) electrons. The van der Waals surface area contributed by atoms with Crippen molar-refractivity contribution in [1.29, 1.82) is 0 Å². The first-order valence-corrected chi connectivity index (χ1v) is 9.34. The molecule has 0 bridgehead atoms. The van der Waals surface area contributed by atoms with Gasteiger partial charge in [-0.3, -0.25) is 4.79 Å². The van der Waals surface area contributed by atoms with Crippen LogP contribution in [0.2, 0.25) is 0 Å². The summed E-state index contributed by atoms with van der Waals surface area (Å²) in [6.45, 7) is 8.55. The highest BCUT2D eigenvalue weighted by molar-refractivity contribution is 5.78. The van der Waals surface area contributed by atoms with Crippen LogP contribution >= 0.6 is 0 Å². The molecule has 1 heterocycles. The van der Waals surface area contributed by atoms with Crippen LogP contribution in [0.4, 0.5) is 0 Å². The van der Waals surface area contributed by atoms with E-state index in [1.807, 2.05) is 6.07 Å². The molecule has 0 saturated heterocycles. The number of carbonyl (C=O) groups excluding carboxylic acids is 1. The molecule has 0 aliphatic heterocycles. The van der Waals surface area contributed by atoms with Crippen LogP contribution < -0.4 is 0 Å². The Balaban J connectivity index is 1.80. The van der Waals surface area contributed by atoms with Gasteiger partial charge in [-0.1, -0.05) is 19.9 Å². The maximum absolute atomic E-state index is 12.6. The Bertz CT molecular complexity index is 734. The molecule has 4 nitrogen and oxygen atoms in total. The van der Waals surface area contributed by atoms with Gasteiger partial charge in [0.05, 0.1) is 24.4 Å². The number of ether oxygens (including phenoxy) is 1. The lowest BCUT2D eigenvalue weighted by atomic mass is 9.43. The van der Waals surface area contributed by atoms with E-state index in [2.05, 4.69) is 20.4 Å². The summed E-state index contributed by atoms with van der Waals surface area (Å²) in [5.74, 6) is 1.04. The van der Waals surface area contributed by atoms with Crippen molar-refractivity contribution < 1.29 is 19.1 Å². The van der Waals surface area contributed by atoms with E-state index in [9.17, 15) is 9.90 Å². The fourth-order valence-corrected chi connectivity index (χ4v) is 6.49. The number of hydrogen-bond acceptors (Lipinski definition) is 4. The normalized spacial score (nSPS) is 43.0. The minimum absolute atomic E-state index is 0.0224. The molecule has 2 fully saturated rings. The Labute approximate surface area is 149 Å². The van der Waals surface area contributed by atoms with E-state index < -0.39 is 11.0 Å². The van der Waals surface area contributed by atoms with Crippen LogP contribution in [0.15, 0.2) is 23.3 Å². The molecule has 4 rings (SSSR count). The molecule has 1 aromatic heterocycles. The lowest BCUT2D eigenvalue weighted by molar-refractivity contribution is -0.185. The van der Waals surface area contributed by atoms with Crippen LogP contribution in [0.1, 0.15) is 57.3 Å². The summed E-state index contributed by atoms with van der Waals surface area (Å²) in [4.78, 5) is 12.6. The Morgan fingerprint density at radius 1 is 1.32 bits per heavy atom. The quantitative estimate of drug-likeness (QED) is 0.783. The van der Waals surface area contributed by atoms with Gasteiger partial charge in [0.1, 0.15) is 5.76 Å². The topological polar surface area (TPSA) is 59.7 Å². The number of carbonyl (C=O) groups is 1. The smallest absolute Gasteiger partial charge is 0.311 e. The summed E-state index contributed by atoms with van der Waals surface area (Å²) in [5, 5.41) is 11.6. The molecule has 4 heteroatoms. The fraction of sp³-hybridized carbons (Fsp3) is 0.667. The maximum atomic E-state index is 12.6. The first-order valence-electron chi connectivity index (χ1n) is 9.34. The van der Waals surface area contributed by atoms with E-state index in [4.69, 9.17) is 9.15 Å². The number of furan rings is 1. The summed E-state index contributed by atoms with van der Waals surface area (Å²) in [6.07, 6.45) is 6.72. The first kappa shape index (κ1) is 16.9. The van der Waals surface area contributed by atoms with Crippen molar-refractivity contribution in [2.75, 3.05) is 7.11 Å². The van der Waals surface area contributed by atoms with Crippen LogP contribution in [-0.4, -0.2) is 23.8 Å². The Hall–Kier alpha value is -1.55. The molecule has 1 N–H and O–H groups in total. The number of fused-ring (bicyclic) bond motifs is 4. The summed E-state index contributed by atoms with van der Waals surface area (Å²) in [5.41, 5.74) is 0.233. The highest BCUT2D eigenvalue weighted by atomic mass is 16.5. The molecule has 25 heavy (non-hydrogen) atoms. The van der Waals surface area contributed by atoms with Crippen LogP contribution in [0.25, 0.3) is 5.57 Å². The Morgan fingerprint density at radius 3 is 2.80 bits per heavy atom. The summed E-state index contributed by atoms with van der Waals surface area (Å²) in [6, 6.07) is 1.92. The molecule has 3 aliphatic rings. The van der Waals surface area contributed by atoms with E-state index in [-0.39, 0.29) is 23.2 Å². The van der Waals surface area contributed by atoms with Crippen LogP contribution in [0.3, 0.4) is 0 Å². The van der Waals surface area contributed by atoms with Gasteiger partial charge in [-0.15, -0.1) is 0 Å². The zero-order chi connectivity index (χ0) is 18.0. The van der Waals surface area contributed by atoms with Gasteiger partial charge in [-0.05, 0) is 55.6 Å². The molecule has 0 amide bonds. The Morgan fingerprint density at radius 2 is 2.08 bits per heavy atom. The lowest BCUT2D eigenvalue weighted by Gasteiger charge is -2.62. The third-order valence-corrected chi connectivity index (χ3v) is 7.80. The van der Waals surface area contributed by atoms with Gasteiger partial charge < -0.3 is 14.3 Å². The van der Waals surface area contributed by atoms with E-state index >= 15 is 0 Å². The van der Waals surface area contributed by atoms with Crippen LogP contribution in [0.5, 0.6) is 0 Å². The van der Waals surface area contributed by atoms with Gasteiger partial charge in [-0.25, -0.2) is 0 Å². The van der Waals surface area contributed by atoms with Gasteiger partial charge in [0.2, 0.25) is 0 Å². The Kier molecular flexibility index (Phi) is 3.53. The number of hydrogen-bond donors (Lipinski definition) is 1. The second kappa shape index (κ2) is 5.23. The fourth-order valence-electron chi connectivity index (χ4n) is 6.49. The van der Waals surface area contributed by atoms with Gasteiger partial charge in [0.25, 0.3) is 0 Å². The largest absolute Gasteiger partial charge is 0.469 e. The zero-order valence-electron chi connectivity index (χ0n) is 15.4. The number of methoxy groups -OCH3 is 1. The van der Waals surface area contributed by atoms with Crippen molar-refractivity contribution in [3.63, 3.8) is 0 Å². The van der Waals surface area contributed by atoms with Gasteiger partial charge in [-0.2, -0.15) is 0 Å². The molecule has 1 aromatic rings. The molecular formula is C21H28O4. The molecule has 3 aliphatic carbocycles. The molecule has 5 unspecified atom stereocenters. The minimum atomic E-state index is -0.906. The van der Waals surface area contributed by atoms with Gasteiger partial charge >= 0.3 is 5.97 Å². The van der Waals surface area contributed by atoms with Gasteiger partial charge in [0, 0.05) is 17.9 Å². The SMILES string of the molecule is C=C1c2ccoc2CC2C1(O)CCC1C(C)(C(=O)OC)CCCC12C. The van der Waals surface area contributed by atoms with Crippen molar-refractivity contribution >= 4 is 11.5 Å². The van der Waals surface area contributed by atoms with Gasteiger partial charge in [0.15, 0.2) is 0 Å². The third kappa shape index (κ3) is 2.00. The molecule has 2 saturated carbocycles. The minimum Gasteiger partial charge on any atom is -0.469 e. The monoisotopic (exact) mass is 344 g/mol. The standard InChI is InChI=1S/C21H28O4/c1-13-14-7-11-25-15(14)12-17-19(2)8-5-9-20(3,18(22)24-4)16(19)6-10-21(13,17)23/h7,11,16-17,23H,1,5-6,8-10,12H2,2-4H3.